The summed E-state index contributed by atoms with van der Waals surface area (Å²) in [7, 11) is 0. The summed E-state index contributed by atoms with van der Waals surface area (Å²) in [5, 5.41) is 1.27. The fourth-order valence-electron chi connectivity index (χ4n) is 1.67. The highest BCUT2D eigenvalue weighted by atomic mass is 32.2. The van der Waals surface area contributed by atoms with Crippen molar-refractivity contribution in [3.05, 3.63) is 18.7 Å². The number of hydrogen-bond acceptors (Lipinski definition) is 2. The molecule has 1 aromatic rings. The van der Waals surface area contributed by atoms with Crippen molar-refractivity contribution < 1.29 is 0 Å². The third-order valence-electron chi connectivity index (χ3n) is 2.42. The molecule has 0 saturated carbocycles. The van der Waals surface area contributed by atoms with Crippen molar-refractivity contribution in [3.8, 4) is 0 Å². The van der Waals surface area contributed by atoms with E-state index < -0.39 is 0 Å². The van der Waals surface area contributed by atoms with Gasteiger partial charge in [-0.15, -0.1) is 11.8 Å². The average Bonchev–Trinajstić information content (AvgIpc) is 2.64. The molecule has 1 rings (SSSR count). The van der Waals surface area contributed by atoms with Crippen molar-refractivity contribution in [2.24, 2.45) is 0 Å². The van der Waals surface area contributed by atoms with Crippen LogP contribution in [0.15, 0.2) is 23.7 Å². The monoisotopic (exact) mass is 224 g/mol. The third kappa shape index (κ3) is 2.59. The standard InChI is InChI=1S/C12H20N2S/c1-5-13(6-2)11-9-10-12(15-8-4)14(11)7-3/h7,9-10H,3,5-6,8H2,1-2,4H3. The minimum Gasteiger partial charge on any atom is -0.358 e. The summed E-state index contributed by atoms with van der Waals surface area (Å²) in [6.07, 6.45) is 1.89. The first-order chi connectivity index (χ1) is 7.28. The number of anilines is 1. The molecule has 1 aromatic heterocycles. The Bertz CT molecular complexity index is 313. The molecule has 1 heterocycles. The maximum atomic E-state index is 3.88. The van der Waals surface area contributed by atoms with E-state index in [1.54, 1.807) is 0 Å². The van der Waals surface area contributed by atoms with Crippen molar-refractivity contribution >= 4 is 23.8 Å². The first kappa shape index (κ1) is 12.2. The molecule has 2 nitrogen and oxygen atoms in total. The van der Waals surface area contributed by atoms with Crippen LogP contribution in [-0.4, -0.2) is 23.4 Å². The van der Waals surface area contributed by atoms with E-state index in [-0.39, 0.29) is 0 Å². The number of hydrogen-bond donors (Lipinski definition) is 0. The summed E-state index contributed by atoms with van der Waals surface area (Å²) >= 11 is 1.85. The second-order valence-corrected chi connectivity index (χ2v) is 4.47. The van der Waals surface area contributed by atoms with Gasteiger partial charge in [-0.1, -0.05) is 13.5 Å². The SMILES string of the molecule is C=Cn1c(SCC)ccc1N(CC)CC. The molecule has 0 N–H and O–H groups in total. The Labute approximate surface area is 97.0 Å². The normalized spacial score (nSPS) is 10.3. The quantitative estimate of drug-likeness (QED) is 0.683. The molecule has 84 valence electrons. The Kier molecular flexibility index (Phi) is 4.82. The van der Waals surface area contributed by atoms with Gasteiger partial charge in [-0.25, -0.2) is 0 Å². The van der Waals surface area contributed by atoms with Gasteiger partial charge in [0.15, 0.2) is 0 Å². The van der Waals surface area contributed by atoms with Crippen molar-refractivity contribution in [1.82, 2.24) is 4.57 Å². The molecule has 15 heavy (non-hydrogen) atoms. The molecule has 0 radical (unpaired) electrons. The topological polar surface area (TPSA) is 8.17 Å². The van der Waals surface area contributed by atoms with Crippen molar-refractivity contribution in [2.45, 2.75) is 25.8 Å². The van der Waals surface area contributed by atoms with Crippen LogP contribution in [-0.2, 0) is 0 Å². The molecule has 0 amide bonds. The predicted octanol–water partition coefficient (Wildman–Crippen LogP) is 3.55. The van der Waals surface area contributed by atoms with E-state index in [0.29, 0.717) is 0 Å². The van der Waals surface area contributed by atoms with Gasteiger partial charge in [0, 0.05) is 19.3 Å². The lowest BCUT2D eigenvalue weighted by Gasteiger charge is -2.22. The average molecular weight is 224 g/mol. The van der Waals surface area contributed by atoms with Gasteiger partial charge < -0.3 is 4.90 Å². The van der Waals surface area contributed by atoms with Gasteiger partial charge in [0.05, 0.1) is 5.03 Å². The van der Waals surface area contributed by atoms with Gasteiger partial charge in [0.2, 0.25) is 0 Å². The molecule has 0 bridgehead atoms. The molecule has 0 unspecified atom stereocenters. The Hall–Kier alpha value is -0.830. The largest absolute Gasteiger partial charge is 0.358 e. The fourth-order valence-corrected chi connectivity index (χ4v) is 2.44. The smallest absolute Gasteiger partial charge is 0.113 e. The zero-order chi connectivity index (χ0) is 11.3. The van der Waals surface area contributed by atoms with Gasteiger partial charge in [0.25, 0.3) is 0 Å². The summed E-state index contributed by atoms with van der Waals surface area (Å²) in [5.41, 5.74) is 0. The Morgan fingerprint density at radius 1 is 1.33 bits per heavy atom. The van der Waals surface area contributed by atoms with Crippen LogP contribution in [0.4, 0.5) is 5.82 Å². The molecule has 0 atom stereocenters. The lowest BCUT2D eigenvalue weighted by Crippen LogP contribution is -2.23. The second-order valence-electron chi connectivity index (χ2n) is 3.19. The lowest BCUT2D eigenvalue weighted by atomic mass is 10.5. The number of nitrogens with zero attached hydrogens (tertiary/aromatic N) is 2. The minimum atomic E-state index is 1.03. The first-order valence-corrected chi connectivity index (χ1v) is 6.48. The number of aromatic nitrogens is 1. The lowest BCUT2D eigenvalue weighted by molar-refractivity contribution is 0.821. The first-order valence-electron chi connectivity index (χ1n) is 5.49. The van der Waals surface area contributed by atoms with E-state index in [4.69, 9.17) is 0 Å². The van der Waals surface area contributed by atoms with Crippen LogP contribution in [0.2, 0.25) is 0 Å². The highest BCUT2D eigenvalue weighted by Gasteiger charge is 2.09. The van der Waals surface area contributed by atoms with E-state index in [1.165, 1.54) is 10.8 Å². The zero-order valence-corrected chi connectivity index (χ0v) is 10.7. The molecule has 3 heteroatoms. The van der Waals surface area contributed by atoms with E-state index in [2.05, 4.69) is 48.9 Å². The van der Waals surface area contributed by atoms with Gasteiger partial charge in [-0.3, -0.25) is 4.57 Å². The van der Waals surface area contributed by atoms with Crippen LogP contribution in [0.25, 0.3) is 6.20 Å². The van der Waals surface area contributed by atoms with Gasteiger partial charge in [-0.05, 0) is 31.7 Å². The maximum absolute atomic E-state index is 3.88. The van der Waals surface area contributed by atoms with Crippen LogP contribution in [0.5, 0.6) is 0 Å². The van der Waals surface area contributed by atoms with E-state index in [1.807, 2.05) is 18.0 Å². The molecule has 0 aliphatic heterocycles. The molecule has 0 fully saturated rings. The molecule has 0 aliphatic rings. The van der Waals surface area contributed by atoms with Crippen LogP contribution in [0.3, 0.4) is 0 Å². The number of rotatable bonds is 6. The van der Waals surface area contributed by atoms with Crippen molar-refractivity contribution in [1.29, 1.82) is 0 Å². The summed E-state index contributed by atoms with van der Waals surface area (Å²) in [6.45, 7) is 12.5. The van der Waals surface area contributed by atoms with E-state index in [0.717, 1.165) is 18.8 Å². The van der Waals surface area contributed by atoms with Crippen molar-refractivity contribution in [2.75, 3.05) is 23.7 Å². The van der Waals surface area contributed by atoms with Crippen LogP contribution >= 0.6 is 11.8 Å². The fraction of sp³-hybridized carbons (Fsp3) is 0.500. The van der Waals surface area contributed by atoms with Crippen LogP contribution in [0, 0.1) is 0 Å². The molecule has 0 aliphatic carbocycles. The van der Waals surface area contributed by atoms with Gasteiger partial charge in [0.1, 0.15) is 5.82 Å². The molecule has 0 aromatic carbocycles. The Morgan fingerprint density at radius 3 is 2.47 bits per heavy atom. The molecule has 0 spiro atoms. The van der Waals surface area contributed by atoms with Crippen molar-refractivity contribution in [3.63, 3.8) is 0 Å². The van der Waals surface area contributed by atoms with E-state index in [9.17, 15) is 0 Å². The minimum absolute atomic E-state index is 1.03. The van der Waals surface area contributed by atoms with Crippen LogP contribution in [0.1, 0.15) is 20.8 Å². The second kappa shape index (κ2) is 5.91. The Balaban J connectivity index is 3.02. The maximum Gasteiger partial charge on any atom is 0.113 e. The van der Waals surface area contributed by atoms with Gasteiger partial charge in [-0.2, -0.15) is 0 Å². The summed E-state index contributed by atoms with van der Waals surface area (Å²) in [6, 6.07) is 4.34. The summed E-state index contributed by atoms with van der Waals surface area (Å²) in [4.78, 5) is 2.33. The Morgan fingerprint density at radius 2 is 2.00 bits per heavy atom. The highest BCUT2D eigenvalue weighted by molar-refractivity contribution is 7.99. The zero-order valence-electron chi connectivity index (χ0n) is 9.86. The van der Waals surface area contributed by atoms with Crippen LogP contribution < -0.4 is 4.90 Å². The summed E-state index contributed by atoms with van der Waals surface area (Å²) in [5.74, 6) is 2.33. The molecular weight excluding hydrogens is 204 g/mol. The number of thioether (sulfide) groups is 1. The molecule has 0 saturated heterocycles. The molecular formula is C12H20N2S. The van der Waals surface area contributed by atoms with Gasteiger partial charge >= 0.3 is 0 Å². The van der Waals surface area contributed by atoms with E-state index >= 15 is 0 Å². The predicted molar refractivity (Wildman–Crippen MR) is 70.8 cm³/mol. The highest BCUT2D eigenvalue weighted by Crippen LogP contribution is 2.26. The summed E-state index contributed by atoms with van der Waals surface area (Å²) < 4.78 is 2.17. The third-order valence-corrected chi connectivity index (χ3v) is 3.34.